The lowest BCUT2D eigenvalue weighted by Gasteiger charge is -2.17. The molecule has 1 N–H and O–H groups in total. The summed E-state index contributed by atoms with van der Waals surface area (Å²) in [5.41, 5.74) is 2.60. The zero-order valence-corrected chi connectivity index (χ0v) is 8.07. The predicted octanol–water partition coefficient (Wildman–Crippen LogP) is 1.95. The van der Waals surface area contributed by atoms with Crippen molar-refractivity contribution in [3.05, 3.63) is 29.3 Å². The molecule has 0 aromatic heterocycles. The number of nitriles is 1. The van der Waals surface area contributed by atoms with E-state index < -0.39 is 0 Å². The van der Waals surface area contributed by atoms with Crippen LogP contribution < -0.4 is 5.32 Å². The van der Waals surface area contributed by atoms with Crippen LogP contribution in [0.5, 0.6) is 0 Å². The maximum absolute atomic E-state index is 10.8. The smallest absolute Gasteiger partial charge is 0.292 e. The normalized spacial score (nSPS) is 11.6. The number of amides is 1. The Bertz CT molecular complexity index is 498. The third-order valence-electron chi connectivity index (χ3n) is 2.08. The average Bonchev–Trinajstić information content (AvgIpc) is 2.14. The molecule has 4 heteroatoms. The molecule has 0 unspecified atom stereocenters. The van der Waals surface area contributed by atoms with E-state index >= 15 is 0 Å². The number of benzene rings is 1. The van der Waals surface area contributed by atoms with Crippen LogP contribution in [-0.2, 0) is 9.53 Å². The van der Waals surface area contributed by atoms with Crippen molar-refractivity contribution in [2.45, 2.75) is 6.92 Å². The molecule has 1 aliphatic carbocycles. The van der Waals surface area contributed by atoms with Crippen molar-refractivity contribution in [3.8, 4) is 6.26 Å². The predicted molar refractivity (Wildman–Crippen MR) is 55.3 cm³/mol. The number of ether oxygens (including phenoxy) is 1. The average molecular weight is 200 g/mol. The number of fused-ring (bicyclic) bond motifs is 1. The SMILES string of the molecule is CC(=O)Nc1ccc2c(c1)C=C2OC#N. The molecule has 1 aromatic rings. The molecule has 15 heavy (non-hydrogen) atoms. The van der Waals surface area contributed by atoms with E-state index in [1.54, 1.807) is 18.4 Å². The van der Waals surface area contributed by atoms with E-state index in [0.717, 1.165) is 16.8 Å². The van der Waals surface area contributed by atoms with Gasteiger partial charge in [-0.3, -0.25) is 4.79 Å². The first-order chi connectivity index (χ1) is 7.20. The van der Waals surface area contributed by atoms with Crippen LogP contribution in [0.15, 0.2) is 18.2 Å². The van der Waals surface area contributed by atoms with Crippen molar-refractivity contribution in [2.75, 3.05) is 5.32 Å². The second kappa shape index (κ2) is 3.46. The van der Waals surface area contributed by atoms with Gasteiger partial charge in [-0.2, -0.15) is 0 Å². The van der Waals surface area contributed by atoms with Crippen molar-refractivity contribution < 1.29 is 9.53 Å². The van der Waals surface area contributed by atoms with Gasteiger partial charge in [-0.05, 0) is 29.8 Å². The van der Waals surface area contributed by atoms with Crippen LogP contribution in [0.3, 0.4) is 0 Å². The number of carbonyl (C=O) groups excluding carboxylic acids is 1. The highest BCUT2D eigenvalue weighted by Gasteiger charge is 2.18. The Kier molecular flexibility index (Phi) is 2.14. The van der Waals surface area contributed by atoms with Crippen LogP contribution in [0.1, 0.15) is 18.1 Å². The Morgan fingerprint density at radius 3 is 2.93 bits per heavy atom. The minimum Gasteiger partial charge on any atom is -0.387 e. The maximum atomic E-state index is 10.8. The highest BCUT2D eigenvalue weighted by Crippen LogP contribution is 2.34. The van der Waals surface area contributed by atoms with Gasteiger partial charge in [0.15, 0.2) is 5.76 Å². The van der Waals surface area contributed by atoms with Crippen molar-refractivity contribution >= 4 is 23.4 Å². The summed E-state index contributed by atoms with van der Waals surface area (Å²) in [4.78, 5) is 10.8. The first-order valence-corrected chi connectivity index (χ1v) is 4.40. The lowest BCUT2D eigenvalue weighted by Crippen LogP contribution is -2.07. The molecule has 0 fully saturated rings. The number of nitrogens with zero attached hydrogens (tertiary/aromatic N) is 1. The van der Waals surface area contributed by atoms with E-state index in [2.05, 4.69) is 5.32 Å². The summed E-state index contributed by atoms with van der Waals surface area (Å²) in [6.07, 6.45) is 3.37. The molecule has 1 aromatic carbocycles. The van der Waals surface area contributed by atoms with Crippen LogP contribution in [0.4, 0.5) is 5.69 Å². The van der Waals surface area contributed by atoms with Gasteiger partial charge in [0.1, 0.15) is 0 Å². The van der Waals surface area contributed by atoms with Crippen LogP contribution in [0, 0.1) is 11.5 Å². The van der Waals surface area contributed by atoms with E-state index in [0.29, 0.717) is 5.76 Å². The fourth-order valence-electron chi connectivity index (χ4n) is 1.46. The van der Waals surface area contributed by atoms with Gasteiger partial charge in [0.2, 0.25) is 5.91 Å². The Labute approximate surface area is 86.8 Å². The molecule has 0 aliphatic heterocycles. The zero-order valence-electron chi connectivity index (χ0n) is 8.07. The van der Waals surface area contributed by atoms with Gasteiger partial charge in [-0.15, -0.1) is 5.26 Å². The molecule has 4 nitrogen and oxygen atoms in total. The standard InChI is InChI=1S/C11H8N2O2/c1-7(14)13-9-2-3-10-8(4-9)5-11(10)15-6-12/h2-5H,1H3,(H,13,14). The summed E-state index contributed by atoms with van der Waals surface area (Å²) in [5, 5.41) is 11.0. The largest absolute Gasteiger partial charge is 0.387 e. The van der Waals surface area contributed by atoms with E-state index in [9.17, 15) is 4.79 Å². The minimum atomic E-state index is -0.105. The number of hydrogen-bond donors (Lipinski definition) is 1. The lowest BCUT2D eigenvalue weighted by molar-refractivity contribution is -0.114. The summed E-state index contributed by atoms with van der Waals surface area (Å²) < 4.78 is 4.70. The summed E-state index contributed by atoms with van der Waals surface area (Å²) in [7, 11) is 0. The highest BCUT2D eigenvalue weighted by atomic mass is 16.5. The van der Waals surface area contributed by atoms with Gasteiger partial charge in [-0.1, -0.05) is 0 Å². The molecule has 0 bridgehead atoms. The second-order valence-electron chi connectivity index (χ2n) is 3.19. The Morgan fingerprint density at radius 2 is 2.33 bits per heavy atom. The Hall–Kier alpha value is -2.28. The van der Waals surface area contributed by atoms with Crippen molar-refractivity contribution in [3.63, 3.8) is 0 Å². The summed E-state index contributed by atoms with van der Waals surface area (Å²) in [6.45, 7) is 1.46. The van der Waals surface area contributed by atoms with Crippen LogP contribution >= 0.6 is 0 Å². The quantitative estimate of drug-likeness (QED) is 0.742. The molecular weight excluding hydrogens is 192 g/mol. The van der Waals surface area contributed by atoms with Gasteiger partial charge in [0.25, 0.3) is 6.26 Å². The van der Waals surface area contributed by atoms with E-state index in [1.807, 2.05) is 12.1 Å². The first-order valence-electron chi connectivity index (χ1n) is 4.40. The van der Waals surface area contributed by atoms with E-state index in [-0.39, 0.29) is 5.91 Å². The highest BCUT2D eigenvalue weighted by molar-refractivity contribution is 5.95. The number of anilines is 1. The zero-order chi connectivity index (χ0) is 10.8. The molecule has 0 atom stereocenters. The van der Waals surface area contributed by atoms with Crippen LogP contribution in [-0.4, -0.2) is 5.91 Å². The fraction of sp³-hybridized carbons (Fsp3) is 0.0909. The van der Waals surface area contributed by atoms with Gasteiger partial charge in [-0.25, -0.2) is 0 Å². The monoisotopic (exact) mass is 200 g/mol. The number of hydrogen-bond acceptors (Lipinski definition) is 3. The van der Waals surface area contributed by atoms with Gasteiger partial charge in [0, 0.05) is 18.2 Å². The molecular formula is C11H8N2O2. The topological polar surface area (TPSA) is 62.1 Å². The minimum absolute atomic E-state index is 0.105. The van der Waals surface area contributed by atoms with E-state index in [1.165, 1.54) is 6.92 Å². The molecule has 1 aliphatic rings. The number of carbonyl (C=O) groups is 1. The van der Waals surface area contributed by atoms with Gasteiger partial charge < -0.3 is 10.1 Å². The third kappa shape index (κ3) is 1.67. The summed E-state index contributed by atoms with van der Waals surface area (Å²) >= 11 is 0. The molecule has 0 spiro atoms. The first kappa shape index (κ1) is 9.28. The van der Waals surface area contributed by atoms with Crippen LogP contribution in [0.2, 0.25) is 0 Å². The fourth-order valence-corrected chi connectivity index (χ4v) is 1.46. The molecule has 0 saturated carbocycles. The Morgan fingerprint density at radius 1 is 1.53 bits per heavy atom. The molecule has 0 saturated heterocycles. The lowest BCUT2D eigenvalue weighted by atomic mass is 9.95. The summed E-state index contributed by atoms with van der Waals surface area (Å²) in [5.74, 6) is 0.466. The van der Waals surface area contributed by atoms with Crippen molar-refractivity contribution in [1.29, 1.82) is 5.26 Å². The van der Waals surface area contributed by atoms with Gasteiger partial charge >= 0.3 is 0 Å². The number of nitrogens with one attached hydrogen (secondary N) is 1. The van der Waals surface area contributed by atoms with E-state index in [4.69, 9.17) is 10.00 Å². The molecule has 1 amide bonds. The third-order valence-corrected chi connectivity index (χ3v) is 2.08. The second-order valence-corrected chi connectivity index (χ2v) is 3.19. The Balaban J connectivity index is 2.19. The van der Waals surface area contributed by atoms with Crippen molar-refractivity contribution in [2.24, 2.45) is 0 Å². The molecule has 0 radical (unpaired) electrons. The molecule has 2 rings (SSSR count). The number of rotatable bonds is 2. The van der Waals surface area contributed by atoms with Crippen molar-refractivity contribution in [1.82, 2.24) is 0 Å². The molecule has 0 heterocycles. The maximum Gasteiger partial charge on any atom is 0.292 e. The van der Waals surface area contributed by atoms with Gasteiger partial charge in [0.05, 0.1) is 0 Å². The van der Waals surface area contributed by atoms with Crippen LogP contribution in [0.25, 0.3) is 11.8 Å². The molecule has 74 valence electrons. The summed E-state index contributed by atoms with van der Waals surface area (Å²) in [6, 6.07) is 5.42.